The Balaban J connectivity index is 1.78. The van der Waals surface area contributed by atoms with Crippen LogP contribution >= 0.6 is 23.2 Å². The molecule has 1 aliphatic heterocycles. The highest BCUT2D eigenvalue weighted by molar-refractivity contribution is 6.34. The average Bonchev–Trinajstić information content (AvgIpc) is 3.02. The van der Waals surface area contributed by atoms with E-state index in [4.69, 9.17) is 27.9 Å². The van der Waals surface area contributed by atoms with Crippen LogP contribution in [-0.2, 0) is 24.2 Å². The van der Waals surface area contributed by atoms with Crippen molar-refractivity contribution in [1.82, 2.24) is 9.47 Å². The van der Waals surface area contributed by atoms with Crippen LogP contribution in [0.2, 0.25) is 10.0 Å². The van der Waals surface area contributed by atoms with Gasteiger partial charge in [0.1, 0.15) is 10.6 Å². The van der Waals surface area contributed by atoms with E-state index in [-0.39, 0.29) is 16.6 Å². The maximum absolute atomic E-state index is 12.9. The summed E-state index contributed by atoms with van der Waals surface area (Å²) in [6, 6.07) is 9.73. The molecule has 1 fully saturated rings. The number of aromatic nitrogens is 1. The van der Waals surface area contributed by atoms with Crippen molar-refractivity contribution in [3.63, 3.8) is 0 Å². The van der Waals surface area contributed by atoms with Crippen LogP contribution in [0.25, 0.3) is 0 Å². The molecule has 1 saturated heterocycles. The van der Waals surface area contributed by atoms with Gasteiger partial charge in [0.05, 0.1) is 16.3 Å². The molecule has 0 amide bonds. The number of pyridine rings is 1. The summed E-state index contributed by atoms with van der Waals surface area (Å²) in [5, 5.41) is 0.641. The highest BCUT2D eigenvalue weighted by Crippen LogP contribution is 2.28. The van der Waals surface area contributed by atoms with Crippen LogP contribution in [0.1, 0.15) is 69.1 Å². The summed E-state index contributed by atoms with van der Waals surface area (Å²) >= 11 is 12.7. The van der Waals surface area contributed by atoms with Gasteiger partial charge in [0.25, 0.3) is 5.56 Å². The van der Waals surface area contributed by atoms with Crippen molar-refractivity contribution in [2.75, 3.05) is 0 Å². The maximum Gasteiger partial charge on any atom is 0.338 e. The van der Waals surface area contributed by atoms with E-state index in [1.54, 1.807) is 22.8 Å². The number of benzene rings is 1. The third-order valence-corrected chi connectivity index (χ3v) is 6.58. The van der Waals surface area contributed by atoms with Gasteiger partial charge >= 0.3 is 5.97 Å². The fraction of sp³-hybridized carbons (Fsp3) is 0.520. The number of nitrogens with zero attached hydrogens (tertiary/aromatic N) is 2. The monoisotopic (exact) mass is 478 g/mol. The molecular weight excluding hydrogens is 447 g/mol. The van der Waals surface area contributed by atoms with Gasteiger partial charge in [0, 0.05) is 25.2 Å². The van der Waals surface area contributed by atoms with Crippen molar-refractivity contribution in [2.45, 2.75) is 84.7 Å². The number of ether oxygens (including phenoxy) is 1. The van der Waals surface area contributed by atoms with Gasteiger partial charge in [-0.2, -0.15) is 0 Å². The van der Waals surface area contributed by atoms with Gasteiger partial charge in [0.2, 0.25) is 0 Å². The number of carbonyl (C=O) groups is 1. The molecule has 7 heteroatoms. The fourth-order valence-corrected chi connectivity index (χ4v) is 4.69. The molecule has 0 radical (unpaired) electrons. The smallest absolute Gasteiger partial charge is 0.338 e. The molecule has 32 heavy (non-hydrogen) atoms. The van der Waals surface area contributed by atoms with E-state index in [0.717, 1.165) is 24.1 Å². The molecule has 2 aromatic rings. The average molecular weight is 479 g/mol. The van der Waals surface area contributed by atoms with E-state index in [2.05, 4.69) is 18.7 Å². The number of likely N-dealkylation sites (tertiary alicyclic amines) is 1. The summed E-state index contributed by atoms with van der Waals surface area (Å²) in [7, 11) is 0. The van der Waals surface area contributed by atoms with Gasteiger partial charge in [-0.3, -0.25) is 9.69 Å². The van der Waals surface area contributed by atoms with Crippen molar-refractivity contribution in [2.24, 2.45) is 0 Å². The molecule has 2 unspecified atom stereocenters. The molecular formula is C25H32Cl2N2O3. The largest absolute Gasteiger partial charge is 0.456 e. The van der Waals surface area contributed by atoms with E-state index in [9.17, 15) is 9.59 Å². The third kappa shape index (κ3) is 5.94. The number of hydrogen-bond acceptors (Lipinski definition) is 4. The maximum atomic E-state index is 12.9. The second-order valence-corrected chi connectivity index (χ2v) is 10.5. The SMILES string of the molecule is CC1CCC(C)N1Cc1c(Cl)cc(Cl)c(=O)n1CCc1ccc(C(=O)OC(C)(C)C)cc1. The minimum Gasteiger partial charge on any atom is -0.456 e. The Morgan fingerprint density at radius 1 is 1.06 bits per heavy atom. The zero-order valence-electron chi connectivity index (χ0n) is 19.5. The number of carbonyl (C=O) groups excluding carboxylic acids is 1. The molecule has 3 rings (SSSR count). The van der Waals surface area contributed by atoms with Crippen molar-refractivity contribution in [3.05, 3.63) is 67.6 Å². The van der Waals surface area contributed by atoms with Gasteiger partial charge < -0.3 is 9.30 Å². The summed E-state index contributed by atoms with van der Waals surface area (Å²) in [5.74, 6) is -0.349. The number of rotatable bonds is 6. The van der Waals surface area contributed by atoms with Gasteiger partial charge in [-0.05, 0) is 77.6 Å². The Bertz CT molecular complexity index is 1020. The molecule has 1 aromatic carbocycles. The molecule has 0 N–H and O–H groups in total. The van der Waals surface area contributed by atoms with Gasteiger partial charge in [0.15, 0.2) is 0 Å². The number of hydrogen-bond donors (Lipinski definition) is 0. The van der Waals surface area contributed by atoms with E-state index in [1.165, 1.54) is 0 Å². The van der Waals surface area contributed by atoms with E-state index in [0.29, 0.717) is 42.2 Å². The quantitative estimate of drug-likeness (QED) is 0.497. The van der Waals surface area contributed by atoms with Gasteiger partial charge in [-0.25, -0.2) is 4.79 Å². The number of esters is 1. The normalized spacial score (nSPS) is 19.3. The molecule has 1 aliphatic rings. The summed E-state index contributed by atoms with van der Waals surface area (Å²) in [6.07, 6.45) is 2.89. The molecule has 0 saturated carbocycles. The second-order valence-electron chi connectivity index (χ2n) is 9.64. The minimum atomic E-state index is -0.538. The lowest BCUT2D eigenvalue weighted by Gasteiger charge is -2.28. The molecule has 0 bridgehead atoms. The first kappa shape index (κ1) is 24.8. The highest BCUT2D eigenvalue weighted by Gasteiger charge is 2.29. The fourth-order valence-electron chi connectivity index (χ4n) is 4.15. The van der Waals surface area contributed by atoms with Crippen molar-refractivity contribution >= 4 is 29.2 Å². The summed E-state index contributed by atoms with van der Waals surface area (Å²) in [4.78, 5) is 27.5. The van der Waals surface area contributed by atoms with Crippen molar-refractivity contribution < 1.29 is 9.53 Å². The standard InChI is InChI=1S/C25H32Cl2N2O3/c1-16-6-7-17(2)29(16)15-22-20(26)14-21(27)23(30)28(22)13-12-18-8-10-19(11-9-18)24(31)32-25(3,4)5/h8-11,14,16-17H,6-7,12-13,15H2,1-5H3. The van der Waals surface area contributed by atoms with Crippen LogP contribution in [0.15, 0.2) is 35.1 Å². The molecule has 0 spiro atoms. The molecule has 2 atom stereocenters. The van der Waals surface area contributed by atoms with Crippen LogP contribution < -0.4 is 5.56 Å². The molecule has 0 aliphatic carbocycles. The van der Waals surface area contributed by atoms with Crippen LogP contribution in [0.3, 0.4) is 0 Å². The van der Waals surface area contributed by atoms with Crippen LogP contribution in [-0.4, -0.2) is 33.1 Å². The molecule has 174 valence electrons. The van der Waals surface area contributed by atoms with Crippen LogP contribution in [0, 0.1) is 0 Å². The lowest BCUT2D eigenvalue weighted by Crippen LogP contribution is -2.35. The second kappa shape index (κ2) is 9.98. The first-order valence-corrected chi connectivity index (χ1v) is 11.9. The lowest BCUT2D eigenvalue weighted by molar-refractivity contribution is 0.00695. The summed E-state index contributed by atoms with van der Waals surface area (Å²) in [5.41, 5.74) is 1.55. The topological polar surface area (TPSA) is 51.5 Å². The summed E-state index contributed by atoms with van der Waals surface area (Å²) < 4.78 is 7.11. The first-order chi connectivity index (χ1) is 15.0. The molecule has 1 aromatic heterocycles. The van der Waals surface area contributed by atoms with Crippen LogP contribution in [0.4, 0.5) is 0 Å². The number of aryl methyl sites for hydroxylation is 1. The molecule has 2 heterocycles. The number of halogens is 2. The van der Waals surface area contributed by atoms with E-state index in [1.807, 2.05) is 32.9 Å². The van der Waals surface area contributed by atoms with Crippen molar-refractivity contribution in [1.29, 1.82) is 0 Å². The Labute approximate surface area is 200 Å². The Kier molecular flexibility index (Phi) is 7.74. The predicted octanol–water partition coefficient (Wildman–Crippen LogP) is 5.73. The first-order valence-electron chi connectivity index (χ1n) is 11.1. The lowest BCUT2D eigenvalue weighted by atomic mass is 10.1. The predicted molar refractivity (Wildman–Crippen MR) is 130 cm³/mol. The summed E-state index contributed by atoms with van der Waals surface area (Å²) in [6.45, 7) is 11.0. The van der Waals surface area contributed by atoms with Gasteiger partial charge in [-0.15, -0.1) is 0 Å². The van der Waals surface area contributed by atoms with E-state index >= 15 is 0 Å². The zero-order chi connectivity index (χ0) is 23.6. The van der Waals surface area contributed by atoms with Gasteiger partial charge in [-0.1, -0.05) is 35.3 Å². The molecule has 5 nitrogen and oxygen atoms in total. The Morgan fingerprint density at radius 3 is 2.22 bits per heavy atom. The van der Waals surface area contributed by atoms with E-state index < -0.39 is 5.60 Å². The van der Waals surface area contributed by atoms with Crippen molar-refractivity contribution in [3.8, 4) is 0 Å². The van der Waals surface area contributed by atoms with Crippen LogP contribution in [0.5, 0.6) is 0 Å². The third-order valence-electron chi connectivity index (χ3n) is 5.98. The zero-order valence-corrected chi connectivity index (χ0v) is 21.0. The minimum absolute atomic E-state index is 0.126. The Hall–Kier alpha value is -1.82. The highest BCUT2D eigenvalue weighted by atomic mass is 35.5. The Morgan fingerprint density at radius 2 is 1.66 bits per heavy atom.